The molecule has 6 aromatic carbocycles. The molecule has 4 atom stereocenters. The van der Waals surface area contributed by atoms with Crippen molar-refractivity contribution in [1.29, 1.82) is 5.26 Å². The molecule has 10 bridgehead atoms. The number of hydrogen-bond donors (Lipinski definition) is 0. The van der Waals surface area contributed by atoms with Crippen LogP contribution in [0.25, 0.3) is 60.0 Å². The van der Waals surface area contributed by atoms with Crippen molar-refractivity contribution in [2.24, 2.45) is 23.7 Å². The summed E-state index contributed by atoms with van der Waals surface area (Å²) in [6.07, 6.45) is 13.0. The molecule has 4 unspecified atom stereocenters. The quantitative estimate of drug-likeness (QED) is 0.153. The predicted octanol–water partition coefficient (Wildman–Crippen LogP) is 14.2. The summed E-state index contributed by atoms with van der Waals surface area (Å²) in [5, 5.41) is 18.6. The van der Waals surface area contributed by atoms with Gasteiger partial charge < -0.3 is 8.82 Å². The SMILES string of the molecule is N#Cc1cc2c(c3c1C1CC4CC(C1)CC3C4)c1c3oc4cc5c(cc4c3cc3c4cc6c(cc4n2c31)C(=O)C1c2ccccc2C6c2ccccc21)C1CC2CC(CC5C2)C1. The molecule has 11 aliphatic carbocycles. The number of furan rings is 1. The lowest BCUT2D eigenvalue weighted by atomic mass is 9.67. The maximum absolute atomic E-state index is 15.3. The highest BCUT2D eigenvalue weighted by Gasteiger charge is 2.47. The second kappa shape index (κ2) is 10.8. The van der Waals surface area contributed by atoms with Crippen LogP contribution in [0, 0.1) is 35.0 Å². The zero-order valence-corrected chi connectivity index (χ0v) is 34.6. The zero-order valence-electron chi connectivity index (χ0n) is 34.6. The van der Waals surface area contributed by atoms with E-state index in [2.05, 4.69) is 95.4 Å². The van der Waals surface area contributed by atoms with Gasteiger partial charge in [-0.2, -0.15) is 5.26 Å². The number of nitriles is 1. The Bertz CT molecular complexity index is 3590. The smallest absolute Gasteiger partial charge is 0.175 e. The Morgan fingerprint density at radius 3 is 1.74 bits per heavy atom. The Balaban J connectivity index is 1.04. The first kappa shape index (κ1) is 32.7. The molecule has 0 spiro atoms. The van der Waals surface area contributed by atoms with E-state index in [0.29, 0.717) is 23.7 Å². The van der Waals surface area contributed by atoms with E-state index >= 15 is 4.79 Å². The van der Waals surface area contributed by atoms with E-state index < -0.39 is 0 Å². The largest absolute Gasteiger partial charge is 0.455 e. The first-order valence-electron chi connectivity index (χ1n) is 23.9. The van der Waals surface area contributed by atoms with Gasteiger partial charge in [-0.15, -0.1) is 0 Å². The lowest BCUT2D eigenvalue weighted by Crippen LogP contribution is -2.25. The van der Waals surface area contributed by atoms with Gasteiger partial charge in [0.15, 0.2) is 5.78 Å². The maximum atomic E-state index is 15.3. The first-order valence-corrected chi connectivity index (χ1v) is 23.9. The number of carbonyl (C=O) groups excluding carboxylic acids is 1. The molecule has 9 aromatic rings. The Kier molecular flexibility index (Phi) is 5.71. The van der Waals surface area contributed by atoms with Crippen LogP contribution in [0.3, 0.4) is 0 Å². The van der Waals surface area contributed by atoms with E-state index in [1.807, 2.05) is 0 Å². The van der Waals surface area contributed by atoms with Gasteiger partial charge in [0.2, 0.25) is 0 Å². The molecule has 0 aliphatic heterocycles. The summed E-state index contributed by atoms with van der Waals surface area (Å²) in [6, 6.07) is 34.7. The minimum atomic E-state index is -0.330. The van der Waals surface area contributed by atoms with E-state index in [9.17, 15) is 5.26 Å². The minimum absolute atomic E-state index is 0.0243. The molecular weight excluding hydrogens is 757 g/mol. The molecule has 0 radical (unpaired) electrons. The Labute approximate surface area is 358 Å². The van der Waals surface area contributed by atoms with Crippen LogP contribution >= 0.6 is 0 Å². The second-order valence-electron chi connectivity index (χ2n) is 21.8. The Morgan fingerprint density at radius 1 is 0.516 bits per heavy atom. The molecular formula is C58H44N2O2. The third kappa shape index (κ3) is 3.73. The van der Waals surface area contributed by atoms with Gasteiger partial charge in [0.1, 0.15) is 11.2 Å². The third-order valence-electron chi connectivity index (χ3n) is 18.9. The van der Waals surface area contributed by atoms with Crippen LogP contribution in [0.2, 0.25) is 0 Å². The predicted molar refractivity (Wildman–Crippen MR) is 244 cm³/mol. The molecule has 4 nitrogen and oxygen atoms in total. The normalized spacial score (nSPS) is 30.6. The van der Waals surface area contributed by atoms with Crippen LogP contribution < -0.4 is 0 Å². The topological polar surface area (TPSA) is 58.4 Å². The lowest BCUT2D eigenvalue weighted by Gasteiger charge is -2.38. The highest BCUT2D eigenvalue weighted by Crippen LogP contribution is 2.62. The van der Waals surface area contributed by atoms with Crippen LogP contribution in [-0.4, -0.2) is 10.2 Å². The summed E-state index contributed by atoms with van der Waals surface area (Å²) < 4.78 is 9.88. The number of fused-ring (bicyclic) bond motifs is 10. The zero-order chi connectivity index (χ0) is 40.0. The fourth-order valence-electron chi connectivity index (χ4n) is 17.1. The van der Waals surface area contributed by atoms with Gasteiger partial charge >= 0.3 is 0 Å². The van der Waals surface area contributed by atoms with Crippen LogP contribution in [0.15, 0.2) is 89.3 Å². The number of ketones is 1. The number of nitrogens with zero attached hydrogens (tertiary/aromatic N) is 2. The summed E-state index contributed by atoms with van der Waals surface area (Å²) in [4.78, 5) is 15.3. The van der Waals surface area contributed by atoms with Gasteiger partial charge in [-0.1, -0.05) is 48.5 Å². The Morgan fingerprint density at radius 2 is 1.10 bits per heavy atom. The molecule has 0 amide bonds. The van der Waals surface area contributed by atoms with Crippen molar-refractivity contribution >= 4 is 65.8 Å². The standard InChI is InChI=1S/C58H44N2O2/c59-25-34-19-48-54(51-33-17-28-10-29(18-33)16-32(15-28)50(34)51)55-56-44(22-46-42-20-39-30-11-26-9-27(12-30)14-31(13-26)40(39)24-49(42)62-58(46)55)41-21-43-45(23-47(41)60(48)56)57(61)53-37-7-3-1-5-35(37)52(43)36-6-2-4-8-38(36)53/h1-8,19-24,26-33,52-53H,9-18H2. The minimum Gasteiger partial charge on any atom is -0.455 e. The molecule has 0 saturated heterocycles. The van der Waals surface area contributed by atoms with E-state index in [1.165, 1.54) is 124 Å². The van der Waals surface area contributed by atoms with E-state index in [1.54, 1.807) is 11.1 Å². The molecule has 4 saturated carbocycles. The summed E-state index contributed by atoms with van der Waals surface area (Å²) in [5.74, 6) is 5.23. The van der Waals surface area contributed by atoms with E-state index in [0.717, 1.165) is 73.7 Å². The van der Waals surface area contributed by atoms with Crippen LogP contribution in [0.4, 0.5) is 0 Å². The molecule has 4 fully saturated rings. The van der Waals surface area contributed by atoms with Gasteiger partial charge in [-0.3, -0.25) is 4.79 Å². The van der Waals surface area contributed by atoms with Crippen LogP contribution in [-0.2, 0) is 0 Å². The van der Waals surface area contributed by atoms with Gasteiger partial charge in [-0.25, -0.2) is 0 Å². The molecule has 3 heterocycles. The van der Waals surface area contributed by atoms with E-state index in [4.69, 9.17) is 4.42 Å². The number of hydrogen-bond acceptors (Lipinski definition) is 3. The van der Waals surface area contributed by atoms with Crippen molar-refractivity contribution in [3.8, 4) is 6.07 Å². The highest BCUT2D eigenvalue weighted by molar-refractivity contribution is 6.34. The maximum Gasteiger partial charge on any atom is 0.175 e. The number of rotatable bonds is 0. The number of carbonyl (C=O) groups is 1. The molecule has 3 aromatic heterocycles. The van der Waals surface area contributed by atoms with Gasteiger partial charge in [0, 0.05) is 38.4 Å². The number of Topliss-reactive ketones (excluding diaryl/α,β-unsaturated/α-hetero) is 1. The third-order valence-corrected chi connectivity index (χ3v) is 18.9. The summed E-state index contributed by atoms with van der Waals surface area (Å²) in [6.45, 7) is 0. The molecule has 298 valence electrons. The average molecular weight is 801 g/mol. The monoisotopic (exact) mass is 800 g/mol. The summed E-state index contributed by atoms with van der Waals surface area (Å²) >= 11 is 0. The van der Waals surface area contributed by atoms with Crippen molar-refractivity contribution in [3.05, 3.63) is 146 Å². The summed E-state index contributed by atoms with van der Waals surface area (Å²) in [5.41, 5.74) is 19.0. The average Bonchev–Trinajstić information content (AvgIpc) is 3.78. The number of benzene rings is 6. The van der Waals surface area contributed by atoms with Gasteiger partial charge in [-0.05, 0) is 198 Å². The second-order valence-corrected chi connectivity index (χ2v) is 21.8. The summed E-state index contributed by atoms with van der Waals surface area (Å²) in [7, 11) is 0. The van der Waals surface area contributed by atoms with Crippen molar-refractivity contribution in [2.75, 3.05) is 0 Å². The van der Waals surface area contributed by atoms with Crippen LogP contribution in [0.5, 0.6) is 0 Å². The van der Waals surface area contributed by atoms with Crippen LogP contribution in [0.1, 0.15) is 166 Å². The Hall–Kier alpha value is -5.92. The fraction of sp³-hybridized carbons (Fsp3) is 0.345. The molecule has 4 heteroatoms. The first-order chi connectivity index (χ1) is 30.5. The van der Waals surface area contributed by atoms with Crippen molar-refractivity contribution in [3.63, 3.8) is 0 Å². The fourth-order valence-corrected chi connectivity index (χ4v) is 17.1. The highest BCUT2D eigenvalue weighted by atomic mass is 16.3. The van der Waals surface area contributed by atoms with Gasteiger partial charge in [0.05, 0.1) is 39.5 Å². The van der Waals surface area contributed by atoms with Crippen molar-refractivity contribution < 1.29 is 9.21 Å². The number of aromatic nitrogens is 1. The molecule has 11 aliphatic rings. The molecule has 62 heavy (non-hydrogen) atoms. The van der Waals surface area contributed by atoms with Crippen molar-refractivity contribution in [1.82, 2.24) is 4.40 Å². The van der Waals surface area contributed by atoms with E-state index in [-0.39, 0.29) is 17.6 Å². The lowest BCUT2D eigenvalue weighted by molar-refractivity contribution is 0.0974. The molecule has 0 N–H and O–H groups in total. The van der Waals surface area contributed by atoms with Crippen molar-refractivity contribution in [2.45, 2.75) is 99.7 Å². The molecule has 20 rings (SSSR count). The van der Waals surface area contributed by atoms with Gasteiger partial charge in [0.25, 0.3) is 0 Å².